The molecule has 5 nitrogen and oxygen atoms in total. The van der Waals surface area contributed by atoms with Gasteiger partial charge in [0.15, 0.2) is 0 Å². The number of fused-ring (bicyclic) bond motifs is 2. The minimum atomic E-state index is 0.255. The number of aliphatic hydroxyl groups excluding tert-OH is 1. The molecule has 0 aromatic heterocycles. The molecular formula is C35H38N2O3. The van der Waals surface area contributed by atoms with Crippen molar-refractivity contribution in [3.63, 3.8) is 0 Å². The zero-order valence-electron chi connectivity index (χ0n) is 22.9. The molecule has 5 aromatic carbocycles. The molecule has 0 spiro atoms. The Morgan fingerprint density at radius 1 is 0.550 bits per heavy atom. The SMILES string of the molecule is OCCCCNCc1ccc(OCCOc2ccc(CNCc3c4ccccc4cc4ccccc34)cc2)cc1. The molecule has 0 atom stereocenters. The number of rotatable bonds is 15. The Kier molecular flexibility index (Phi) is 10.0. The van der Waals surface area contributed by atoms with Crippen LogP contribution in [0.5, 0.6) is 11.5 Å². The van der Waals surface area contributed by atoms with E-state index in [9.17, 15) is 0 Å². The Balaban J connectivity index is 1.05. The summed E-state index contributed by atoms with van der Waals surface area (Å²) in [4.78, 5) is 0. The van der Waals surface area contributed by atoms with Crippen molar-refractivity contribution in [3.8, 4) is 11.5 Å². The first-order chi connectivity index (χ1) is 19.8. The number of aliphatic hydroxyl groups is 1. The zero-order valence-corrected chi connectivity index (χ0v) is 22.9. The van der Waals surface area contributed by atoms with Crippen molar-refractivity contribution in [1.29, 1.82) is 0 Å². The van der Waals surface area contributed by atoms with Gasteiger partial charge in [-0.15, -0.1) is 0 Å². The van der Waals surface area contributed by atoms with E-state index in [-0.39, 0.29) is 6.61 Å². The van der Waals surface area contributed by atoms with Gasteiger partial charge in [-0.25, -0.2) is 0 Å². The van der Waals surface area contributed by atoms with Crippen molar-refractivity contribution >= 4 is 21.5 Å². The highest BCUT2D eigenvalue weighted by Gasteiger charge is 2.07. The summed E-state index contributed by atoms with van der Waals surface area (Å²) in [6.07, 6.45) is 1.83. The van der Waals surface area contributed by atoms with E-state index in [1.54, 1.807) is 0 Å². The van der Waals surface area contributed by atoms with Crippen LogP contribution in [-0.2, 0) is 19.6 Å². The fourth-order valence-corrected chi connectivity index (χ4v) is 4.95. The van der Waals surface area contributed by atoms with E-state index in [1.165, 1.54) is 38.2 Å². The van der Waals surface area contributed by atoms with Gasteiger partial charge < -0.3 is 25.2 Å². The molecule has 0 saturated heterocycles. The van der Waals surface area contributed by atoms with Gasteiger partial charge in [-0.2, -0.15) is 0 Å². The first-order valence-electron chi connectivity index (χ1n) is 14.2. The lowest BCUT2D eigenvalue weighted by Gasteiger charge is -2.13. The van der Waals surface area contributed by atoms with Crippen LogP contribution in [0.4, 0.5) is 0 Å². The van der Waals surface area contributed by atoms with Crippen LogP contribution in [0.1, 0.15) is 29.5 Å². The van der Waals surface area contributed by atoms with E-state index in [4.69, 9.17) is 14.6 Å². The molecule has 0 heterocycles. The molecule has 206 valence electrons. The summed E-state index contributed by atoms with van der Waals surface area (Å²) in [7, 11) is 0. The number of benzene rings is 5. The Bertz CT molecular complexity index is 1430. The second-order valence-corrected chi connectivity index (χ2v) is 9.99. The van der Waals surface area contributed by atoms with E-state index in [0.717, 1.165) is 50.5 Å². The molecule has 0 aliphatic heterocycles. The van der Waals surface area contributed by atoms with Gasteiger partial charge in [0.1, 0.15) is 24.7 Å². The number of nitrogens with one attached hydrogen (secondary N) is 2. The highest BCUT2D eigenvalue weighted by molar-refractivity contribution is 6.02. The van der Waals surface area contributed by atoms with Gasteiger partial charge in [0.2, 0.25) is 0 Å². The maximum atomic E-state index is 8.84. The quantitative estimate of drug-likeness (QED) is 0.104. The van der Waals surface area contributed by atoms with E-state index in [1.807, 2.05) is 24.3 Å². The second kappa shape index (κ2) is 14.5. The summed E-state index contributed by atoms with van der Waals surface area (Å²) in [6.45, 7) is 4.55. The van der Waals surface area contributed by atoms with Crippen molar-refractivity contribution < 1.29 is 14.6 Å². The van der Waals surface area contributed by atoms with Crippen LogP contribution in [-0.4, -0.2) is 31.5 Å². The maximum absolute atomic E-state index is 8.84. The van der Waals surface area contributed by atoms with Crippen LogP contribution in [0.15, 0.2) is 103 Å². The minimum Gasteiger partial charge on any atom is -0.490 e. The van der Waals surface area contributed by atoms with Gasteiger partial charge in [-0.3, -0.25) is 0 Å². The lowest BCUT2D eigenvalue weighted by atomic mass is 9.97. The highest BCUT2D eigenvalue weighted by atomic mass is 16.5. The third-order valence-electron chi connectivity index (χ3n) is 7.07. The van der Waals surface area contributed by atoms with Gasteiger partial charge in [0, 0.05) is 26.2 Å². The highest BCUT2D eigenvalue weighted by Crippen LogP contribution is 2.28. The fourth-order valence-electron chi connectivity index (χ4n) is 4.95. The predicted octanol–water partition coefficient (Wildman–Crippen LogP) is 6.60. The topological polar surface area (TPSA) is 62.8 Å². The molecule has 5 rings (SSSR count). The molecule has 0 aliphatic rings. The van der Waals surface area contributed by atoms with E-state index < -0.39 is 0 Å². The Labute approximate surface area is 236 Å². The van der Waals surface area contributed by atoms with Crippen molar-refractivity contribution in [2.45, 2.75) is 32.5 Å². The maximum Gasteiger partial charge on any atom is 0.122 e. The summed E-state index contributed by atoms with van der Waals surface area (Å²) >= 11 is 0. The minimum absolute atomic E-state index is 0.255. The molecule has 3 N–H and O–H groups in total. The van der Waals surface area contributed by atoms with Crippen molar-refractivity contribution in [1.82, 2.24) is 10.6 Å². The molecule has 0 bridgehead atoms. The van der Waals surface area contributed by atoms with Gasteiger partial charge in [-0.1, -0.05) is 72.8 Å². The van der Waals surface area contributed by atoms with Crippen LogP contribution in [0.2, 0.25) is 0 Å². The lowest BCUT2D eigenvalue weighted by molar-refractivity contribution is 0.217. The molecule has 0 radical (unpaired) electrons. The van der Waals surface area contributed by atoms with Crippen molar-refractivity contribution in [2.75, 3.05) is 26.4 Å². The van der Waals surface area contributed by atoms with Crippen LogP contribution in [0.25, 0.3) is 21.5 Å². The Morgan fingerprint density at radius 3 is 1.62 bits per heavy atom. The number of hydrogen-bond acceptors (Lipinski definition) is 5. The fraction of sp³-hybridized carbons (Fsp3) is 0.257. The first kappa shape index (κ1) is 27.7. The van der Waals surface area contributed by atoms with Crippen LogP contribution in [0.3, 0.4) is 0 Å². The molecule has 0 amide bonds. The van der Waals surface area contributed by atoms with Crippen LogP contribution < -0.4 is 20.1 Å². The average molecular weight is 535 g/mol. The monoisotopic (exact) mass is 534 g/mol. The molecular weight excluding hydrogens is 496 g/mol. The molecule has 0 aliphatic carbocycles. The second-order valence-electron chi connectivity index (χ2n) is 9.99. The summed E-state index contributed by atoms with van der Waals surface area (Å²) in [5.74, 6) is 1.68. The number of unbranched alkanes of at least 4 members (excludes halogenated alkanes) is 1. The summed E-state index contributed by atoms with van der Waals surface area (Å²) in [5, 5.41) is 21.0. The zero-order chi connectivity index (χ0) is 27.4. The third-order valence-corrected chi connectivity index (χ3v) is 7.07. The normalized spacial score (nSPS) is 11.2. The summed E-state index contributed by atoms with van der Waals surface area (Å²) < 4.78 is 11.7. The van der Waals surface area contributed by atoms with E-state index >= 15 is 0 Å². The van der Waals surface area contributed by atoms with Gasteiger partial charge in [0.25, 0.3) is 0 Å². The Morgan fingerprint density at radius 2 is 1.07 bits per heavy atom. The summed E-state index contributed by atoms with van der Waals surface area (Å²) in [5.41, 5.74) is 3.78. The van der Waals surface area contributed by atoms with Gasteiger partial charge in [0.05, 0.1) is 0 Å². The summed E-state index contributed by atoms with van der Waals surface area (Å²) in [6, 6.07) is 35.9. The molecule has 0 fully saturated rings. The third kappa shape index (κ3) is 7.60. The molecule has 0 saturated carbocycles. The van der Waals surface area contributed by atoms with Crippen LogP contribution in [0, 0.1) is 0 Å². The van der Waals surface area contributed by atoms with Crippen LogP contribution >= 0.6 is 0 Å². The Hall–Kier alpha value is -3.90. The first-order valence-corrected chi connectivity index (χ1v) is 14.2. The molecule has 5 aromatic rings. The van der Waals surface area contributed by atoms with E-state index in [2.05, 4.69) is 89.5 Å². The van der Waals surface area contributed by atoms with Gasteiger partial charge in [-0.05, 0) is 88.0 Å². The van der Waals surface area contributed by atoms with Crippen molar-refractivity contribution in [3.05, 3.63) is 120 Å². The molecule has 5 heteroatoms. The molecule has 0 unspecified atom stereocenters. The van der Waals surface area contributed by atoms with Gasteiger partial charge >= 0.3 is 0 Å². The predicted molar refractivity (Wildman–Crippen MR) is 164 cm³/mol. The smallest absolute Gasteiger partial charge is 0.122 e. The average Bonchev–Trinajstić information content (AvgIpc) is 3.00. The van der Waals surface area contributed by atoms with E-state index in [0.29, 0.717) is 13.2 Å². The number of ether oxygens (including phenoxy) is 2. The lowest BCUT2D eigenvalue weighted by Crippen LogP contribution is -2.15. The standard InChI is InChI=1S/C35H38N2O3/c38-20-6-5-19-36-24-27-11-15-31(16-12-27)39-21-22-40-32-17-13-28(14-18-32)25-37-26-35-33-9-3-1-7-29(33)23-30-8-2-4-10-34(30)35/h1-4,7-18,23,36-38H,5-6,19-22,24-26H2. The van der Waals surface area contributed by atoms with Crippen molar-refractivity contribution in [2.24, 2.45) is 0 Å². The molecule has 40 heavy (non-hydrogen) atoms. The largest absolute Gasteiger partial charge is 0.490 e. The number of hydrogen-bond donors (Lipinski definition) is 3.